The Balaban J connectivity index is 0.000000243. The van der Waals surface area contributed by atoms with Crippen molar-refractivity contribution >= 4 is 23.6 Å². The number of benzene rings is 1. The maximum Gasteiger partial charge on any atom is 0.254 e. The zero-order valence-corrected chi connectivity index (χ0v) is 20.7. The van der Waals surface area contributed by atoms with Gasteiger partial charge < -0.3 is 16.8 Å². The number of alkyl halides is 2. The monoisotopic (exact) mass is 497 g/mol. The van der Waals surface area contributed by atoms with Crippen molar-refractivity contribution in [2.75, 3.05) is 31.7 Å². The van der Waals surface area contributed by atoms with E-state index >= 15 is 0 Å². The zero-order chi connectivity index (χ0) is 26.7. The number of hydrogen-bond acceptors (Lipinski definition) is 7. The number of nitrogen functional groups attached to an aromatic ring is 1. The number of nitrogens with one attached hydrogen (secondary N) is 2. The molecule has 0 bridgehead atoms. The molecule has 36 heavy (non-hydrogen) atoms. The molecule has 4 rings (SSSR count). The summed E-state index contributed by atoms with van der Waals surface area (Å²) in [6.45, 7) is 2.62. The van der Waals surface area contributed by atoms with Crippen LogP contribution >= 0.6 is 0 Å². The number of nitrogens with two attached hydrogens (primary N) is 2. The molecular weight excluding hydrogens is 464 g/mol. The van der Waals surface area contributed by atoms with Crippen molar-refractivity contribution in [3.05, 3.63) is 83.3 Å². The minimum atomic E-state index is -2.26. The molecule has 192 valence electrons. The number of carbonyl (C=O) groups is 1. The fraction of sp³-hybridized carbons (Fsp3) is 0.308. The van der Waals surface area contributed by atoms with Crippen molar-refractivity contribution in [3.8, 4) is 0 Å². The van der Waals surface area contributed by atoms with E-state index in [4.69, 9.17) is 11.1 Å². The van der Waals surface area contributed by atoms with Crippen LogP contribution in [0.15, 0.2) is 60.9 Å². The maximum absolute atomic E-state index is 12.9. The average Bonchev–Trinajstić information content (AvgIpc) is 3.28. The number of amides is 1. The smallest absolute Gasteiger partial charge is 0.254 e. The standard InChI is InChI=1S/C13H13N5O.C12H15F2N.CH5N/c1-8-4-9(2-3-16-8)13(15)10-6-17-12(18-7-19)5-11(10)14;1-15-8-7-10(11(15)12(13)14)9-5-3-2-4-6-9;1-2/h2-7,15H,1H3,(H3,14,17,18,19);2-6,10-12H,7-8H2,1H3;2H2,1H3. The van der Waals surface area contributed by atoms with Gasteiger partial charge in [0.1, 0.15) is 5.82 Å². The molecule has 3 aromatic rings. The lowest BCUT2D eigenvalue weighted by Crippen LogP contribution is -2.35. The summed E-state index contributed by atoms with van der Waals surface area (Å²) in [5, 5.41) is 10.6. The zero-order valence-electron chi connectivity index (χ0n) is 20.7. The quantitative estimate of drug-likeness (QED) is 0.303. The molecule has 1 aliphatic rings. The van der Waals surface area contributed by atoms with Gasteiger partial charge in [-0.05, 0) is 51.7 Å². The van der Waals surface area contributed by atoms with Crippen LogP contribution < -0.4 is 16.8 Å². The molecule has 0 saturated carbocycles. The number of halogens is 2. The third-order valence-electron chi connectivity index (χ3n) is 5.80. The van der Waals surface area contributed by atoms with Crippen molar-refractivity contribution in [3.63, 3.8) is 0 Å². The van der Waals surface area contributed by atoms with Gasteiger partial charge in [-0.2, -0.15) is 0 Å². The highest BCUT2D eigenvalue weighted by Gasteiger charge is 2.38. The third-order valence-corrected chi connectivity index (χ3v) is 5.80. The Morgan fingerprint density at radius 1 is 1.19 bits per heavy atom. The first-order valence-electron chi connectivity index (χ1n) is 11.4. The van der Waals surface area contributed by atoms with E-state index in [1.807, 2.05) is 37.3 Å². The van der Waals surface area contributed by atoms with Gasteiger partial charge in [0.25, 0.3) is 6.43 Å². The third kappa shape index (κ3) is 7.37. The Bertz CT molecular complexity index is 1130. The average molecular weight is 498 g/mol. The van der Waals surface area contributed by atoms with E-state index in [1.54, 1.807) is 30.3 Å². The van der Waals surface area contributed by atoms with Crippen molar-refractivity contribution in [2.24, 2.45) is 5.73 Å². The first kappa shape index (κ1) is 28.5. The van der Waals surface area contributed by atoms with Crippen LogP contribution in [-0.4, -0.2) is 60.1 Å². The number of nitrogens with zero attached hydrogens (tertiary/aromatic N) is 3. The summed E-state index contributed by atoms with van der Waals surface area (Å²) in [7, 11) is 3.28. The predicted molar refractivity (Wildman–Crippen MR) is 140 cm³/mol. The van der Waals surface area contributed by atoms with Crippen molar-refractivity contribution in [2.45, 2.75) is 31.7 Å². The predicted octanol–water partition coefficient (Wildman–Crippen LogP) is 3.67. The highest BCUT2D eigenvalue weighted by molar-refractivity contribution is 6.13. The largest absolute Gasteiger partial charge is 0.398 e. The topological polar surface area (TPSA) is 134 Å². The van der Waals surface area contributed by atoms with Crippen molar-refractivity contribution in [1.29, 1.82) is 5.41 Å². The van der Waals surface area contributed by atoms with E-state index in [0.717, 1.165) is 29.8 Å². The summed E-state index contributed by atoms with van der Waals surface area (Å²) in [6.07, 6.45) is 2.21. The molecule has 10 heteroatoms. The number of likely N-dealkylation sites (tertiary alicyclic amines) is 1. The second-order valence-corrected chi connectivity index (χ2v) is 8.09. The number of aromatic nitrogens is 2. The summed E-state index contributed by atoms with van der Waals surface area (Å²) < 4.78 is 25.8. The number of aryl methyl sites for hydroxylation is 1. The molecule has 8 nitrogen and oxygen atoms in total. The van der Waals surface area contributed by atoms with Crippen molar-refractivity contribution in [1.82, 2.24) is 14.9 Å². The summed E-state index contributed by atoms with van der Waals surface area (Å²) in [5.74, 6) is 0.339. The molecular formula is C26H33F2N7O. The van der Waals surface area contributed by atoms with E-state index < -0.39 is 12.5 Å². The lowest BCUT2D eigenvalue weighted by molar-refractivity contribution is -0.105. The fourth-order valence-electron chi connectivity index (χ4n) is 4.08. The second kappa shape index (κ2) is 14.0. The fourth-order valence-corrected chi connectivity index (χ4v) is 4.08. The molecule has 0 spiro atoms. The minimum Gasteiger partial charge on any atom is -0.398 e. The van der Waals surface area contributed by atoms with Gasteiger partial charge in [0.05, 0.1) is 11.8 Å². The van der Waals surface area contributed by atoms with Gasteiger partial charge in [0.2, 0.25) is 6.41 Å². The second-order valence-electron chi connectivity index (χ2n) is 8.09. The van der Waals surface area contributed by atoms with Crippen LogP contribution in [0.3, 0.4) is 0 Å². The molecule has 1 fully saturated rings. The summed E-state index contributed by atoms with van der Waals surface area (Å²) in [5.41, 5.74) is 14.1. The molecule has 1 saturated heterocycles. The lowest BCUT2D eigenvalue weighted by atomic mass is 9.92. The van der Waals surface area contributed by atoms with Crippen LogP contribution in [0.5, 0.6) is 0 Å². The number of pyridine rings is 2. The van der Waals surface area contributed by atoms with E-state index in [9.17, 15) is 13.6 Å². The number of likely N-dealkylation sites (N-methyl/N-ethyl adjacent to an activating group) is 1. The Kier molecular flexibility index (Phi) is 11.0. The van der Waals surface area contributed by atoms with Crippen molar-refractivity contribution < 1.29 is 13.6 Å². The summed E-state index contributed by atoms with van der Waals surface area (Å²) in [6, 6.07) is 14.1. The van der Waals surface area contributed by atoms with Gasteiger partial charge in [0, 0.05) is 46.9 Å². The number of hydrogen-bond donors (Lipinski definition) is 4. The highest BCUT2D eigenvalue weighted by Crippen LogP contribution is 2.35. The van der Waals surface area contributed by atoms with Gasteiger partial charge in [-0.3, -0.25) is 20.1 Å². The Morgan fingerprint density at radius 2 is 1.89 bits per heavy atom. The number of carbonyl (C=O) groups excluding carboxylic acids is 1. The Labute approximate surface area is 210 Å². The summed E-state index contributed by atoms with van der Waals surface area (Å²) in [4.78, 5) is 20.2. The molecule has 0 radical (unpaired) electrons. The normalized spacial score (nSPS) is 16.9. The molecule has 2 aromatic heterocycles. The molecule has 0 aliphatic carbocycles. The first-order chi connectivity index (χ1) is 17.3. The Morgan fingerprint density at radius 3 is 2.47 bits per heavy atom. The number of rotatable bonds is 6. The first-order valence-corrected chi connectivity index (χ1v) is 11.4. The van der Waals surface area contributed by atoms with Gasteiger partial charge >= 0.3 is 0 Å². The van der Waals surface area contributed by atoms with Crippen LogP contribution in [-0.2, 0) is 4.79 Å². The van der Waals surface area contributed by atoms with E-state index in [1.165, 1.54) is 19.3 Å². The van der Waals surface area contributed by atoms with Crippen LogP contribution in [0.1, 0.15) is 34.7 Å². The SMILES string of the molecule is CN.CN1CCC(c2ccccc2)C1C(F)F.Cc1cc(C(=N)c2cnc(NC=O)cc2N)ccn1. The van der Waals surface area contributed by atoms with Crippen LogP contribution in [0.25, 0.3) is 0 Å². The van der Waals surface area contributed by atoms with Gasteiger partial charge in [0.15, 0.2) is 0 Å². The molecule has 1 aromatic carbocycles. The molecule has 2 unspecified atom stereocenters. The molecule has 2 atom stereocenters. The van der Waals surface area contributed by atoms with Crippen LogP contribution in [0, 0.1) is 12.3 Å². The maximum atomic E-state index is 12.9. The van der Waals surface area contributed by atoms with Gasteiger partial charge in [-0.1, -0.05) is 30.3 Å². The lowest BCUT2D eigenvalue weighted by Gasteiger charge is -2.24. The molecule has 6 N–H and O–H groups in total. The molecule has 1 amide bonds. The minimum absolute atomic E-state index is 0.0174. The molecule has 3 heterocycles. The van der Waals surface area contributed by atoms with Crippen LogP contribution in [0.2, 0.25) is 0 Å². The van der Waals surface area contributed by atoms with Gasteiger partial charge in [-0.15, -0.1) is 0 Å². The highest BCUT2D eigenvalue weighted by atomic mass is 19.3. The van der Waals surface area contributed by atoms with Crippen LogP contribution in [0.4, 0.5) is 20.3 Å². The summed E-state index contributed by atoms with van der Waals surface area (Å²) >= 11 is 0. The Hall–Kier alpha value is -3.76. The van der Waals surface area contributed by atoms with E-state index in [2.05, 4.69) is 21.0 Å². The molecule has 1 aliphatic heterocycles. The number of anilines is 2. The van der Waals surface area contributed by atoms with E-state index in [0.29, 0.717) is 23.5 Å². The van der Waals surface area contributed by atoms with Gasteiger partial charge in [-0.25, -0.2) is 13.8 Å². The van der Waals surface area contributed by atoms with E-state index in [-0.39, 0.29) is 11.6 Å².